The fraction of sp³-hybridized carbons (Fsp3) is 0.385. The first-order chi connectivity index (χ1) is 9.43. The molecule has 0 aliphatic heterocycles. The van der Waals surface area contributed by atoms with Gasteiger partial charge in [0.05, 0.1) is 11.5 Å². The van der Waals surface area contributed by atoms with Crippen molar-refractivity contribution in [1.82, 2.24) is 0 Å². The van der Waals surface area contributed by atoms with E-state index in [1.807, 2.05) is 0 Å². The molecular formula is C13H15NO6. The maximum absolute atomic E-state index is 11.5. The third-order valence-corrected chi connectivity index (χ3v) is 2.40. The molecule has 0 atom stereocenters. The van der Waals surface area contributed by atoms with Gasteiger partial charge < -0.3 is 9.47 Å². The molecule has 7 heteroatoms. The number of ketones is 1. The smallest absolute Gasteiger partial charge is 0.313 e. The molecule has 0 aliphatic rings. The Bertz CT molecular complexity index is 526. The van der Waals surface area contributed by atoms with Crippen molar-refractivity contribution in [1.29, 1.82) is 0 Å². The summed E-state index contributed by atoms with van der Waals surface area (Å²) >= 11 is 0. The number of nitro groups is 1. The molecule has 0 saturated carbocycles. The Morgan fingerprint density at radius 1 is 1.35 bits per heavy atom. The molecular weight excluding hydrogens is 266 g/mol. The molecule has 1 aromatic carbocycles. The monoisotopic (exact) mass is 281 g/mol. The van der Waals surface area contributed by atoms with Crippen LogP contribution in [0.4, 0.5) is 5.69 Å². The van der Waals surface area contributed by atoms with E-state index in [1.165, 1.54) is 18.2 Å². The zero-order valence-electron chi connectivity index (χ0n) is 11.3. The lowest BCUT2D eigenvalue weighted by atomic mass is 10.2. The average Bonchev–Trinajstić information content (AvgIpc) is 2.37. The van der Waals surface area contributed by atoms with Crippen LogP contribution in [0.15, 0.2) is 18.2 Å². The highest BCUT2D eigenvalue weighted by atomic mass is 16.6. The van der Waals surface area contributed by atoms with Gasteiger partial charge in [0, 0.05) is 12.1 Å². The second-order valence-corrected chi connectivity index (χ2v) is 4.02. The molecule has 0 aromatic heterocycles. The molecule has 0 spiro atoms. The van der Waals surface area contributed by atoms with Gasteiger partial charge in [0.1, 0.15) is 18.8 Å². The molecule has 0 unspecified atom stereocenters. The number of hydrogen-bond donors (Lipinski definition) is 0. The predicted octanol–water partition coefficient (Wildman–Crippen LogP) is 1.80. The van der Waals surface area contributed by atoms with E-state index in [0.29, 0.717) is 11.3 Å². The molecule has 108 valence electrons. The third kappa shape index (κ3) is 4.68. The average molecular weight is 281 g/mol. The first kappa shape index (κ1) is 15.6. The SMILES string of the molecule is CCOC(=O)CC(=O)COc1ccc([N+](=O)[O-])cc1C. The molecule has 0 radical (unpaired) electrons. The van der Waals surface area contributed by atoms with Crippen LogP contribution in [0.2, 0.25) is 0 Å². The van der Waals surface area contributed by atoms with Crippen LogP contribution in [0.5, 0.6) is 5.75 Å². The van der Waals surface area contributed by atoms with Crippen LogP contribution in [0.1, 0.15) is 18.9 Å². The van der Waals surface area contributed by atoms with Gasteiger partial charge in [-0.1, -0.05) is 0 Å². The van der Waals surface area contributed by atoms with Gasteiger partial charge in [0.2, 0.25) is 0 Å². The Kier molecular flexibility index (Phi) is 5.64. The molecule has 0 saturated heterocycles. The van der Waals surface area contributed by atoms with Crippen molar-refractivity contribution in [2.45, 2.75) is 20.3 Å². The Labute approximate surface area is 115 Å². The largest absolute Gasteiger partial charge is 0.486 e. The van der Waals surface area contributed by atoms with Gasteiger partial charge in [-0.3, -0.25) is 19.7 Å². The summed E-state index contributed by atoms with van der Waals surface area (Å²) in [7, 11) is 0. The second kappa shape index (κ2) is 7.22. The van der Waals surface area contributed by atoms with Gasteiger partial charge in [-0.15, -0.1) is 0 Å². The minimum atomic E-state index is -0.596. The number of aryl methyl sites for hydroxylation is 1. The molecule has 20 heavy (non-hydrogen) atoms. The first-order valence-corrected chi connectivity index (χ1v) is 5.99. The fourth-order valence-corrected chi connectivity index (χ4v) is 1.49. The zero-order chi connectivity index (χ0) is 15.1. The number of non-ortho nitro benzene ring substituents is 1. The number of hydrogen-bond acceptors (Lipinski definition) is 6. The van der Waals surface area contributed by atoms with E-state index in [2.05, 4.69) is 4.74 Å². The van der Waals surface area contributed by atoms with Gasteiger partial charge in [-0.05, 0) is 25.5 Å². The third-order valence-electron chi connectivity index (χ3n) is 2.40. The number of Topliss-reactive ketones (excluding diaryl/α,β-unsaturated/α-hetero) is 1. The Hall–Kier alpha value is -2.44. The lowest BCUT2D eigenvalue weighted by Crippen LogP contribution is -2.17. The molecule has 0 aliphatic carbocycles. The first-order valence-electron chi connectivity index (χ1n) is 5.99. The van der Waals surface area contributed by atoms with Crippen molar-refractivity contribution in [2.75, 3.05) is 13.2 Å². The number of ether oxygens (including phenoxy) is 2. The van der Waals surface area contributed by atoms with Crippen molar-refractivity contribution in [3.63, 3.8) is 0 Å². The highest BCUT2D eigenvalue weighted by Gasteiger charge is 2.13. The summed E-state index contributed by atoms with van der Waals surface area (Å²) in [6, 6.07) is 4.06. The van der Waals surface area contributed by atoms with Crippen molar-refractivity contribution in [3.05, 3.63) is 33.9 Å². The van der Waals surface area contributed by atoms with E-state index in [1.54, 1.807) is 13.8 Å². The quantitative estimate of drug-likeness (QED) is 0.327. The second-order valence-electron chi connectivity index (χ2n) is 4.02. The normalized spacial score (nSPS) is 9.90. The number of nitro benzene ring substituents is 1. The predicted molar refractivity (Wildman–Crippen MR) is 69.6 cm³/mol. The van der Waals surface area contributed by atoms with E-state index in [4.69, 9.17) is 4.74 Å². The molecule has 1 aromatic rings. The molecule has 0 heterocycles. The molecule has 0 N–H and O–H groups in total. The van der Waals surface area contributed by atoms with Crippen molar-refractivity contribution in [3.8, 4) is 5.75 Å². The summed E-state index contributed by atoms with van der Waals surface area (Å²) in [5, 5.41) is 10.6. The molecule has 0 fully saturated rings. The topological polar surface area (TPSA) is 95.7 Å². The van der Waals surface area contributed by atoms with Crippen LogP contribution in [0.3, 0.4) is 0 Å². The number of carbonyl (C=O) groups is 2. The summed E-state index contributed by atoms with van der Waals surface area (Å²) < 4.78 is 9.87. The summed E-state index contributed by atoms with van der Waals surface area (Å²) in [6.45, 7) is 3.23. The van der Waals surface area contributed by atoms with E-state index in [0.717, 1.165) is 0 Å². The Morgan fingerprint density at radius 2 is 2.05 bits per heavy atom. The summed E-state index contributed by atoms with van der Waals surface area (Å²) in [5.74, 6) is -0.643. The maximum atomic E-state index is 11.5. The van der Waals surface area contributed by atoms with Gasteiger partial charge >= 0.3 is 5.97 Å². The molecule has 0 amide bonds. The zero-order valence-corrected chi connectivity index (χ0v) is 11.3. The number of esters is 1. The van der Waals surface area contributed by atoms with Crippen molar-refractivity contribution < 1.29 is 24.0 Å². The molecule has 0 bridgehead atoms. The number of rotatable bonds is 7. The minimum absolute atomic E-state index is 0.0484. The highest BCUT2D eigenvalue weighted by Crippen LogP contribution is 2.23. The van der Waals surface area contributed by atoms with Gasteiger partial charge in [-0.25, -0.2) is 0 Å². The molecule has 1 rings (SSSR count). The fourth-order valence-electron chi connectivity index (χ4n) is 1.49. The van der Waals surface area contributed by atoms with Gasteiger partial charge in [0.15, 0.2) is 5.78 Å². The summed E-state index contributed by atoms with van der Waals surface area (Å²) in [5.41, 5.74) is 0.496. The van der Waals surface area contributed by atoms with E-state index in [-0.39, 0.29) is 25.3 Å². The Morgan fingerprint density at radius 3 is 2.60 bits per heavy atom. The summed E-state index contributed by atoms with van der Waals surface area (Å²) in [4.78, 5) is 32.6. The number of carbonyl (C=O) groups excluding carboxylic acids is 2. The van der Waals surface area contributed by atoms with Crippen molar-refractivity contribution in [2.24, 2.45) is 0 Å². The van der Waals surface area contributed by atoms with E-state index in [9.17, 15) is 19.7 Å². The number of benzene rings is 1. The van der Waals surface area contributed by atoms with Gasteiger partial charge in [-0.2, -0.15) is 0 Å². The van der Waals surface area contributed by atoms with Crippen LogP contribution in [-0.2, 0) is 14.3 Å². The Balaban J connectivity index is 2.55. The van der Waals surface area contributed by atoms with Crippen LogP contribution >= 0.6 is 0 Å². The van der Waals surface area contributed by atoms with Gasteiger partial charge in [0.25, 0.3) is 5.69 Å². The van der Waals surface area contributed by atoms with Crippen LogP contribution in [-0.4, -0.2) is 29.9 Å². The highest BCUT2D eigenvalue weighted by molar-refractivity contribution is 5.96. The molecule has 7 nitrogen and oxygen atoms in total. The van der Waals surface area contributed by atoms with Crippen LogP contribution in [0.25, 0.3) is 0 Å². The summed E-state index contributed by atoms with van der Waals surface area (Å²) in [6.07, 6.45) is -0.347. The van der Waals surface area contributed by atoms with Crippen LogP contribution < -0.4 is 4.74 Å². The lowest BCUT2D eigenvalue weighted by Gasteiger charge is -2.08. The van der Waals surface area contributed by atoms with Crippen LogP contribution in [0, 0.1) is 17.0 Å². The van der Waals surface area contributed by atoms with E-state index >= 15 is 0 Å². The number of nitrogens with zero attached hydrogens (tertiary/aromatic N) is 1. The van der Waals surface area contributed by atoms with Crippen molar-refractivity contribution >= 4 is 17.4 Å². The standard InChI is InChI=1S/C13H15NO6/c1-3-19-13(16)7-11(15)8-20-12-5-4-10(14(17)18)6-9(12)2/h4-6H,3,7-8H2,1-2H3. The lowest BCUT2D eigenvalue weighted by molar-refractivity contribution is -0.384. The van der Waals surface area contributed by atoms with E-state index < -0.39 is 16.7 Å². The maximum Gasteiger partial charge on any atom is 0.313 e. The minimum Gasteiger partial charge on any atom is -0.486 e.